The predicted molar refractivity (Wildman–Crippen MR) is 110 cm³/mol. The third kappa shape index (κ3) is 3.24. The van der Waals surface area contributed by atoms with Crippen LogP contribution in [0.1, 0.15) is 52.7 Å². The molecule has 1 aromatic carbocycles. The molecule has 3 heterocycles. The second-order valence-electron chi connectivity index (χ2n) is 8.87. The second-order valence-corrected chi connectivity index (χ2v) is 8.87. The predicted octanol–water partition coefficient (Wildman–Crippen LogP) is 3.35. The van der Waals surface area contributed by atoms with Crippen LogP contribution in [0.2, 0.25) is 0 Å². The third-order valence-corrected chi connectivity index (χ3v) is 7.20. The molecule has 2 fully saturated rings. The summed E-state index contributed by atoms with van der Waals surface area (Å²) in [5.74, 6) is 0.824. The van der Waals surface area contributed by atoms with E-state index in [1.165, 1.54) is 36.0 Å². The van der Waals surface area contributed by atoms with Crippen molar-refractivity contribution < 1.29 is 4.79 Å². The smallest absolute Gasteiger partial charge is 0.255 e. The summed E-state index contributed by atoms with van der Waals surface area (Å²) in [4.78, 5) is 19.5. The number of rotatable bonds is 3. The number of aryl methyl sites for hydroxylation is 1. The maximum Gasteiger partial charge on any atom is 0.255 e. The minimum atomic E-state index is 0.153. The number of hydrogen-bond donors (Lipinski definition) is 1. The number of carbonyl (C=O) groups is 1. The lowest BCUT2D eigenvalue weighted by atomic mass is 9.74. The van der Waals surface area contributed by atoms with Crippen LogP contribution in [0.4, 0.5) is 0 Å². The van der Waals surface area contributed by atoms with Crippen molar-refractivity contribution in [2.75, 3.05) is 26.2 Å². The largest absolute Gasteiger partial charge is 0.339 e. The summed E-state index contributed by atoms with van der Waals surface area (Å²) >= 11 is 0. The van der Waals surface area contributed by atoms with E-state index in [-0.39, 0.29) is 5.91 Å². The Bertz CT molecular complexity index is 864. The molecular formula is C24H29N3O. The molecule has 1 unspecified atom stereocenters. The molecule has 1 spiro atoms. The van der Waals surface area contributed by atoms with Crippen molar-refractivity contribution in [3.05, 3.63) is 65.0 Å². The SMILES string of the molecule is O=C(c1cncc(CC2CCNC2)c1)N1CCC2(CCc3ccccc32)CC1. The quantitative estimate of drug-likeness (QED) is 0.895. The number of aromatic nitrogens is 1. The number of pyridine rings is 1. The number of hydrogen-bond acceptors (Lipinski definition) is 3. The number of nitrogens with zero attached hydrogens (tertiary/aromatic N) is 2. The van der Waals surface area contributed by atoms with E-state index in [9.17, 15) is 4.79 Å². The summed E-state index contributed by atoms with van der Waals surface area (Å²) in [7, 11) is 0. The Kier molecular flexibility index (Phi) is 4.67. The van der Waals surface area contributed by atoms with Gasteiger partial charge in [-0.2, -0.15) is 0 Å². The fraction of sp³-hybridized carbons (Fsp3) is 0.500. The number of likely N-dealkylation sites (tertiary alicyclic amines) is 1. The van der Waals surface area contributed by atoms with Gasteiger partial charge in [0, 0.05) is 25.5 Å². The standard InChI is InChI=1S/C24H29N3O/c28-23(21-14-19(16-26-17-21)13-18-6-10-25-15-18)27-11-8-24(9-12-27)7-5-20-3-1-2-4-22(20)24/h1-4,14,16-18,25H,5-13,15H2. The van der Waals surface area contributed by atoms with E-state index < -0.39 is 0 Å². The molecule has 2 aliphatic heterocycles. The first-order valence-corrected chi connectivity index (χ1v) is 10.8. The minimum absolute atomic E-state index is 0.153. The first-order valence-electron chi connectivity index (χ1n) is 10.8. The Balaban J connectivity index is 1.26. The molecule has 1 amide bonds. The monoisotopic (exact) mass is 375 g/mol. The molecule has 28 heavy (non-hydrogen) atoms. The summed E-state index contributed by atoms with van der Waals surface area (Å²) in [6.45, 7) is 3.89. The molecular weight excluding hydrogens is 346 g/mol. The van der Waals surface area contributed by atoms with Gasteiger partial charge in [0.2, 0.25) is 0 Å². The maximum atomic E-state index is 13.1. The lowest BCUT2D eigenvalue weighted by molar-refractivity contribution is 0.0665. The fourth-order valence-corrected chi connectivity index (χ4v) is 5.54. The first-order chi connectivity index (χ1) is 13.7. The Hall–Kier alpha value is -2.20. The highest BCUT2D eigenvalue weighted by Crippen LogP contribution is 2.46. The number of amides is 1. The molecule has 1 atom stereocenters. The zero-order valence-corrected chi connectivity index (χ0v) is 16.5. The molecule has 2 saturated heterocycles. The Morgan fingerprint density at radius 2 is 2.04 bits per heavy atom. The fourth-order valence-electron chi connectivity index (χ4n) is 5.54. The number of carbonyl (C=O) groups excluding carboxylic acids is 1. The van der Waals surface area contributed by atoms with Crippen molar-refractivity contribution in [2.24, 2.45) is 5.92 Å². The molecule has 1 N–H and O–H groups in total. The molecule has 0 bridgehead atoms. The molecule has 1 aromatic heterocycles. The average Bonchev–Trinajstić information content (AvgIpc) is 3.37. The van der Waals surface area contributed by atoms with Gasteiger partial charge in [0.05, 0.1) is 5.56 Å². The highest BCUT2D eigenvalue weighted by Gasteiger charge is 2.41. The van der Waals surface area contributed by atoms with Crippen molar-refractivity contribution in [2.45, 2.75) is 43.9 Å². The van der Waals surface area contributed by atoms with Gasteiger partial charge in [-0.05, 0) is 85.7 Å². The van der Waals surface area contributed by atoms with Gasteiger partial charge in [0.25, 0.3) is 5.91 Å². The molecule has 4 heteroatoms. The van der Waals surface area contributed by atoms with Crippen LogP contribution < -0.4 is 5.32 Å². The maximum absolute atomic E-state index is 13.1. The van der Waals surface area contributed by atoms with Crippen molar-refractivity contribution in [1.29, 1.82) is 0 Å². The summed E-state index contributed by atoms with van der Waals surface area (Å²) in [5, 5.41) is 3.42. The van der Waals surface area contributed by atoms with Crippen LogP contribution in [0, 0.1) is 5.92 Å². The van der Waals surface area contributed by atoms with E-state index in [1.54, 1.807) is 6.20 Å². The zero-order valence-electron chi connectivity index (χ0n) is 16.5. The van der Waals surface area contributed by atoms with Gasteiger partial charge in [0.1, 0.15) is 0 Å². The van der Waals surface area contributed by atoms with E-state index >= 15 is 0 Å². The molecule has 0 radical (unpaired) electrons. The van der Waals surface area contributed by atoms with Crippen LogP contribution in [0.3, 0.4) is 0 Å². The number of nitrogens with one attached hydrogen (secondary N) is 1. The first kappa shape index (κ1) is 17.9. The molecule has 1 aliphatic carbocycles. The lowest BCUT2D eigenvalue weighted by Gasteiger charge is -2.40. The van der Waals surface area contributed by atoms with Crippen LogP contribution in [0.15, 0.2) is 42.7 Å². The van der Waals surface area contributed by atoms with Crippen molar-refractivity contribution in [1.82, 2.24) is 15.2 Å². The second kappa shape index (κ2) is 7.32. The lowest BCUT2D eigenvalue weighted by Crippen LogP contribution is -2.44. The van der Waals surface area contributed by atoms with Crippen LogP contribution in [0.5, 0.6) is 0 Å². The van der Waals surface area contributed by atoms with E-state index in [0.717, 1.165) is 51.0 Å². The van der Waals surface area contributed by atoms with Crippen molar-refractivity contribution >= 4 is 5.91 Å². The van der Waals surface area contributed by atoms with Crippen LogP contribution in [0.25, 0.3) is 0 Å². The minimum Gasteiger partial charge on any atom is -0.339 e. The van der Waals surface area contributed by atoms with Crippen LogP contribution >= 0.6 is 0 Å². The molecule has 0 saturated carbocycles. The van der Waals surface area contributed by atoms with Gasteiger partial charge in [-0.3, -0.25) is 9.78 Å². The van der Waals surface area contributed by atoms with E-state index in [2.05, 4.69) is 40.6 Å². The van der Waals surface area contributed by atoms with E-state index in [4.69, 9.17) is 0 Å². The van der Waals surface area contributed by atoms with Gasteiger partial charge in [-0.1, -0.05) is 24.3 Å². The molecule has 3 aliphatic rings. The molecule has 4 nitrogen and oxygen atoms in total. The summed E-state index contributed by atoms with van der Waals surface area (Å²) in [6.07, 6.45) is 10.5. The molecule has 146 valence electrons. The van der Waals surface area contributed by atoms with Crippen molar-refractivity contribution in [3.8, 4) is 0 Å². The normalized spacial score (nSPS) is 23.1. The highest BCUT2D eigenvalue weighted by atomic mass is 16.2. The number of fused-ring (bicyclic) bond motifs is 2. The highest BCUT2D eigenvalue weighted by molar-refractivity contribution is 5.94. The van der Waals surface area contributed by atoms with Crippen LogP contribution in [-0.4, -0.2) is 42.0 Å². The van der Waals surface area contributed by atoms with Gasteiger partial charge >= 0.3 is 0 Å². The Morgan fingerprint density at radius 3 is 2.86 bits per heavy atom. The summed E-state index contributed by atoms with van der Waals surface area (Å²) in [5.41, 5.74) is 5.30. The average molecular weight is 376 g/mol. The Morgan fingerprint density at radius 1 is 1.18 bits per heavy atom. The number of benzene rings is 1. The van der Waals surface area contributed by atoms with Gasteiger partial charge < -0.3 is 10.2 Å². The summed E-state index contributed by atoms with van der Waals surface area (Å²) in [6, 6.07) is 11.0. The van der Waals surface area contributed by atoms with Gasteiger partial charge in [-0.25, -0.2) is 0 Å². The molecule has 5 rings (SSSR count). The van der Waals surface area contributed by atoms with Gasteiger partial charge in [0.15, 0.2) is 0 Å². The topological polar surface area (TPSA) is 45.2 Å². The van der Waals surface area contributed by atoms with E-state index in [1.807, 2.05) is 11.1 Å². The van der Waals surface area contributed by atoms with Crippen LogP contribution in [-0.2, 0) is 18.3 Å². The zero-order chi connectivity index (χ0) is 19.0. The van der Waals surface area contributed by atoms with E-state index in [0.29, 0.717) is 11.3 Å². The molecule has 2 aromatic rings. The third-order valence-electron chi connectivity index (χ3n) is 7.20. The van der Waals surface area contributed by atoms with Gasteiger partial charge in [-0.15, -0.1) is 0 Å². The number of piperidine rings is 1. The van der Waals surface area contributed by atoms with Crippen molar-refractivity contribution in [3.63, 3.8) is 0 Å². The summed E-state index contributed by atoms with van der Waals surface area (Å²) < 4.78 is 0. The Labute approximate surface area is 167 Å².